The number of sulfonamides is 1. The number of rotatable bonds is 6. The Bertz CT molecular complexity index is 999. The molecule has 7 nitrogen and oxygen atoms in total. The van der Waals surface area contributed by atoms with Crippen LogP contribution < -0.4 is 5.32 Å². The van der Waals surface area contributed by atoms with Crippen LogP contribution in [0.1, 0.15) is 28.4 Å². The minimum absolute atomic E-state index is 0.0510. The van der Waals surface area contributed by atoms with E-state index in [1.54, 1.807) is 18.2 Å². The molecule has 0 unspecified atom stereocenters. The number of nitrogens with zero attached hydrogens (tertiary/aromatic N) is 1. The van der Waals surface area contributed by atoms with Crippen molar-refractivity contribution in [1.82, 2.24) is 4.31 Å². The van der Waals surface area contributed by atoms with Crippen molar-refractivity contribution < 1.29 is 22.7 Å². The Balaban J connectivity index is 2.08. The fraction of sp³-hybridized carbons (Fsp3) is 0.300. The van der Waals surface area contributed by atoms with Gasteiger partial charge in [0.2, 0.25) is 10.0 Å². The van der Waals surface area contributed by atoms with Gasteiger partial charge in [-0.15, -0.1) is 0 Å². The van der Waals surface area contributed by atoms with Gasteiger partial charge in [-0.05, 0) is 62.2 Å². The summed E-state index contributed by atoms with van der Waals surface area (Å²) in [5.74, 6) is -1.16. The van der Waals surface area contributed by atoms with Crippen LogP contribution in [0.3, 0.4) is 0 Å². The number of benzene rings is 2. The maximum Gasteiger partial charge on any atom is 0.338 e. The van der Waals surface area contributed by atoms with Crippen LogP contribution in [0.25, 0.3) is 0 Å². The molecular weight excluding hydrogens is 380 g/mol. The molecule has 1 atom stereocenters. The number of hydrogen-bond donors (Lipinski definition) is 1. The molecule has 28 heavy (non-hydrogen) atoms. The van der Waals surface area contributed by atoms with Crippen molar-refractivity contribution in [2.24, 2.45) is 0 Å². The molecule has 2 rings (SSSR count). The van der Waals surface area contributed by atoms with E-state index in [1.165, 1.54) is 39.2 Å². The van der Waals surface area contributed by atoms with Crippen LogP contribution in [0.2, 0.25) is 0 Å². The van der Waals surface area contributed by atoms with Gasteiger partial charge < -0.3 is 10.1 Å². The number of anilines is 1. The van der Waals surface area contributed by atoms with E-state index >= 15 is 0 Å². The zero-order valence-electron chi connectivity index (χ0n) is 16.5. The highest BCUT2D eigenvalue weighted by atomic mass is 32.2. The van der Waals surface area contributed by atoms with Crippen molar-refractivity contribution in [2.45, 2.75) is 31.8 Å². The lowest BCUT2D eigenvalue weighted by Gasteiger charge is -2.15. The van der Waals surface area contributed by atoms with E-state index in [1.807, 2.05) is 19.9 Å². The zero-order valence-corrected chi connectivity index (χ0v) is 17.3. The summed E-state index contributed by atoms with van der Waals surface area (Å²) in [6.07, 6.45) is -1.05. The van der Waals surface area contributed by atoms with E-state index in [4.69, 9.17) is 4.74 Å². The van der Waals surface area contributed by atoms with Gasteiger partial charge in [0.1, 0.15) is 0 Å². The average Bonchev–Trinajstić information content (AvgIpc) is 2.63. The third-order valence-corrected chi connectivity index (χ3v) is 6.09. The minimum atomic E-state index is -3.62. The van der Waals surface area contributed by atoms with Gasteiger partial charge >= 0.3 is 5.97 Å². The first kappa shape index (κ1) is 21.6. The Labute approximate surface area is 165 Å². The molecule has 1 N–H and O–H groups in total. The van der Waals surface area contributed by atoms with E-state index in [0.29, 0.717) is 11.3 Å². The lowest BCUT2D eigenvalue weighted by molar-refractivity contribution is -0.123. The highest BCUT2D eigenvalue weighted by Gasteiger charge is 2.21. The number of nitrogens with one attached hydrogen (secondary N) is 1. The molecule has 0 heterocycles. The Morgan fingerprint density at radius 2 is 1.71 bits per heavy atom. The van der Waals surface area contributed by atoms with E-state index in [0.717, 1.165) is 15.4 Å². The summed E-state index contributed by atoms with van der Waals surface area (Å²) in [5.41, 5.74) is 2.66. The van der Waals surface area contributed by atoms with Gasteiger partial charge in [-0.3, -0.25) is 4.79 Å². The number of amides is 1. The van der Waals surface area contributed by atoms with E-state index in [2.05, 4.69) is 5.32 Å². The largest absolute Gasteiger partial charge is 0.449 e. The van der Waals surface area contributed by atoms with Gasteiger partial charge in [-0.25, -0.2) is 17.5 Å². The predicted octanol–water partition coefficient (Wildman–Crippen LogP) is 2.74. The number of esters is 1. The van der Waals surface area contributed by atoms with Crippen molar-refractivity contribution in [1.29, 1.82) is 0 Å². The van der Waals surface area contributed by atoms with Gasteiger partial charge in [0.15, 0.2) is 6.10 Å². The van der Waals surface area contributed by atoms with Gasteiger partial charge in [-0.2, -0.15) is 0 Å². The van der Waals surface area contributed by atoms with Crippen molar-refractivity contribution in [2.75, 3.05) is 19.4 Å². The summed E-state index contributed by atoms with van der Waals surface area (Å²) in [6, 6.07) is 11.0. The molecule has 0 aliphatic carbocycles. The van der Waals surface area contributed by atoms with Crippen LogP contribution in [-0.4, -0.2) is 44.8 Å². The van der Waals surface area contributed by atoms with Crippen LogP contribution in [0.4, 0.5) is 5.69 Å². The second-order valence-corrected chi connectivity index (χ2v) is 8.80. The Kier molecular flexibility index (Phi) is 6.58. The topological polar surface area (TPSA) is 92.8 Å². The quantitative estimate of drug-likeness (QED) is 0.748. The predicted molar refractivity (Wildman–Crippen MR) is 107 cm³/mol. The van der Waals surface area contributed by atoms with Gasteiger partial charge in [0.25, 0.3) is 5.91 Å². The lowest BCUT2D eigenvalue weighted by atomic mass is 10.1. The van der Waals surface area contributed by atoms with Gasteiger partial charge in [0, 0.05) is 19.8 Å². The zero-order chi connectivity index (χ0) is 21.1. The minimum Gasteiger partial charge on any atom is -0.449 e. The molecule has 8 heteroatoms. The lowest BCUT2D eigenvalue weighted by Crippen LogP contribution is -2.30. The first-order valence-corrected chi connectivity index (χ1v) is 10.1. The maximum atomic E-state index is 12.3. The summed E-state index contributed by atoms with van der Waals surface area (Å²) in [6.45, 7) is 5.27. The molecule has 0 saturated heterocycles. The average molecular weight is 404 g/mol. The Morgan fingerprint density at radius 3 is 2.32 bits per heavy atom. The number of ether oxygens (including phenoxy) is 1. The molecule has 0 aromatic heterocycles. The SMILES string of the molecule is Cc1ccc(C(=O)O[C@@H](C)C(=O)Nc2cccc(S(=O)(=O)N(C)C)c2)cc1C. The molecule has 0 radical (unpaired) electrons. The third-order valence-electron chi connectivity index (χ3n) is 4.28. The molecule has 0 bridgehead atoms. The second kappa shape index (κ2) is 8.53. The Morgan fingerprint density at radius 1 is 1.04 bits per heavy atom. The van der Waals surface area contributed by atoms with E-state index in [9.17, 15) is 18.0 Å². The molecule has 0 spiro atoms. The summed E-state index contributed by atoms with van der Waals surface area (Å²) < 4.78 is 30.7. The van der Waals surface area contributed by atoms with Crippen LogP contribution >= 0.6 is 0 Å². The molecule has 1 amide bonds. The normalized spacial score (nSPS) is 12.5. The summed E-state index contributed by atoms with van der Waals surface area (Å²) in [5, 5.41) is 2.57. The van der Waals surface area contributed by atoms with Crippen LogP contribution in [-0.2, 0) is 19.6 Å². The fourth-order valence-electron chi connectivity index (χ4n) is 2.34. The number of carbonyl (C=O) groups excluding carboxylic acids is 2. The number of hydrogen-bond acceptors (Lipinski definition) is 5. The van der Waals surface area contributed by atoms with Crippen LogP contribution in [0.5, 0.6) is 0 Å². The molecule has 0 fully saturated rings. The highest BCUT2D eigenvalue weighted by molar-refractivity contribution is 7.89. The second-order valence-electron chi connectivity index (χ2n) is 6.65. The monoisotopic (exact) mass is 404 g/mol. The Hall–Kier alpha value is -2.71. The molecular formula is C20H24N2O5S. The van der Waals surface area contributed by atoms with Gasteiger partial charge in [0.05, 0.1) is 10.5 Å². The smallest absolute Gasteiger partial charge is 0.338 e. The van der Waals surface area contributed by atoms with Crippen molar-refractivity contribution in [3.63, 3.8) is 0 Å². The molecule has 0 aliphatic heterocycles. The third kappa shape index (κ3) is 4.96. The van der Waals surface area contributed by atoms with E-state index < -0.39 is 28.0 Å². The summed E-state index contributed by atoms with van der Waals surface area (Å²) >= 11 is 0. The fourth-order valence-corrected chi connectivity index (χ4v) is 3.29. The number of aryl methyl sites for hydroxylation is 2. The maximum absolute atomic E-state index is 12.3. The van der Waals surface area contributed by atoms with Crippen molar-refractivity contribution >= 4 is 27.6 Å². The molecule has 0 saturated carbocycles. The van der Waals surface area contributed by atoms with Crippen molar-refractivity contribution in [3.8, 4) is 0 Å². The van der Waals surface area contributed by atoms with E-state index in [-0.39, 0.29) is 4.90 Å². The first-order valence-electron chi connectivity index (χ1n) is 8.64. The number of carbonyl (C=O) groups is 2. The summed E-state index contributed by atoms with van der Waals surface area (Å²) in [7, 11) is -0.770. The summed E-state index contributed by atoms with van der Waals surface area (Å²) in [4.78, 5) is 24.6. The van der Waals surface area contributed by atoms with Crippen LogP contribution in [0.15, 0.2) is 47.4 Å². The molecule has 2 aromatic carbocycles. The highest BCUT2D eigenvalue weighted by Crippen LogP contribution is 2.18. The standard InChI is InChI=1S/C20H24N2O5S/c1-13-9-10-16(11-14(13)2)20(24)27-15(3)19(23)21-17-7-6-8-18(12-17)28(25,26)22(4)5/h6-12,15H,1-5H3,(H,21,23)/t15-/m0/s1. The molecule has 0 aliphatic rings. The molecule has 150 valence electrons. The van der Waals surface area contributed by atoms with Crippen molar-refractivity contribution in [3.05, 3.63) is 59.2 Å². The van der Waals surface area contributed by atoms with Crippen LogP contribution in [0, 0.1) is 13.8 Å². The van der Waals surface area contributed by atoms with Gasteiger partial charge in [-0.1, -0.05) is 12.1 Å². The molecule has 2 aromatic rings. The first-order chi connectivity index (χ1) is 13.0.